The molecular formula is C30H36FN4O4+. The van der Waals surface area contributed by atoms with E-state index in [9.17, 15) is 19.1 Å². The molecule has 2 atom stereocenters. The molecule has 1 unspecified atom stereocenters. The van der Waals surface area contributed by atoms with Crippen LogP contribution < -0.4 is 9.64 Å². The summed E-state index contributed by atoms with van der Waals surface area (Å²) in [5, 5.41) is 10.1. The average Bonchev–Trinajstić information content (AvgIpc) is 2.88. The van der Waals surface area contributed by atoms with Crippen LogP contribution in [0.25, 0.3) is 0 Å². The van der Waals surface area contributed by atoms with Gasteiger partial charge in [0.25, 0.3) is 5.91 Å². The van der Waals surface area contributed by atoms with Crippen LogP contribution in [-0.4, -0.2) is 69.7 Å². The second kappa shape index (κ2) is 11.1. The van der Waals surface area contributed by atoms with Crippen molar-refractivity contribution in [3.8, 4) is 11.6 Å². The standard InChI is InChI=1S/C30H35FN4O4/c1-21-19-34(16-17-35(21,29(37)38)30(2,3)4)20-22-12-14-24(15-13-22)33(5)28(36)26-10-7-11-27(32-26)39-25-9-6-8-23(31)18-25/h6-15,18,21H,16-17,19-20H2,1-5H3/p+1/t21-,35?/m0/s1. The van der Waals surface area contributed by atoms with Crippen molar-refractivity contribution in [1.82, 2.24) is 9.88 Å². The first-order chi connectivity index (χ1) is 18.4. The topological polar surface area (TPSA) is 83.0 Å². The van der Waals surface area contributed by atoms with Gasteiger partial charge in [-0.2, -0.15) is 4.79 Å². The van der Waals surface area contributed by atoms with Gasteiger partial charge >= 0.3 is 6.09 Å². The largest absolute Gasteiger partial charge is 0.514 e. The zero-order valence-corrected chi connectivity index (χ0v) is 23.1. The number of carbonyl (C=O) groups is 2. The summed E-state index contributed by atoms with van der Waals surface area (Å²) >= 11 is 0. The predicted molar refractivity (Wildman–Crippen MR) is 148 cm³/mol. The molecule has 0 spiro atoms. The number of halogens is 1. The van der Waals surface area contributed by atoms with E-state index in [0.717, 1.165) is 5.56 Å². The Hall–Kier alpha value is -3.82. The number of piperazine rings is 1. The Morgan fingerprint density at radius 1 is 1.13 bits per heavy atom. The fourth-order valence-corrected chi connectivity index (χ4v) is 5.45. The summed E-state index contributed by atoms with van der Waals surface area (Å²) in [6.07, 6.45) is -0.771. The Morgan fingerprint density at radius 3 is 2.44 bits per heavy atom. The van der Waals surface area contributed by atoms with E-state index in [4.69, 9.17) is 4.74 Å². The highest BCUT2D eigenvalue weighted by atomic mass is 19.1. The van der Waals surface area contributed by atoms with Crippen molar-refractivity contribution in [1.29, 1.82) is 0 Å². The van der Waals surface area contributed by atoms with Crippen LogP contribution >= 0.6 is 0 Å². The number of carboxylic acid groups (broad SMARTS) is 1. The number of ether oxygens (including phenoxy) is 1. The molecule has 3 aromatic rings. The smallest absolute Gasteiger partial charge is 0.439 e. The number of hydrogen-bond acceptors (Lipinski definition) is 5. The molecular weight excluding hydrogens is 499 g/mol. The molecule has 0 aliphatic carbocycles. The highest BCUT2D eigenvalue weighted by Gasteiger charge is 2.54. The SMILES string of the molecule is C[C@H]1CN(Cc2ccc(N(C)C(=O)c3cccc(Oc4cccc(F)c4)n3)cc2)CC[N+]1(C(=O)O)C(C)(C)C. The van der Waals surface area contributed by atoms with Crippen molar-refractivity contribution in [2.75, 3.05) is 31.6 Å². The van der Waals surface area contributed by atoms with Gasteiger partial charge in [-0.05, 0) is 63.6 Å². The van der Waals surface area contributed by atoms with Crippen LogP contribution in [-0.2, 0) is 6.54 Å². The van der Waals surface area contributed by atoms with E-state index in [1.807, 2.05) is 52.0 Å². The molecule has 2 heterocycles. The quantitative estimate of drug-likeness (QED) is 0.403. The Kier molecular flexibility index (Phi) is 8.04. The molecule has 0 saturated carbocycles. The maximum Gasteiger partial charge on any atom is 0.514 e. The van der Waals surface area contributed by atoms with Crippen molar-refractivity contribution in [2.45, 2.75) is 45.8 Å². The third-order valence-corrected chi connectivity index (χ3v) is 7.58. The van der Waals surface area contributed by atoms with E-state index in [1.165, 1.54) is 23.1 Å². The van der Waals surface area contributed by atoms with Gasteiger partial charge in [-0.25, -0.2) is 13.9 Å². The minimum Gasteiger partial charge on any atom is -0.439 e. The van der Waals surface area contributed by atoms with Crippen molar-refractivity contribution >= 4 is 17.7 Å². The van der Waals surface area contributed by atoms with Crippen molar-refractivity contribution in [3.05, 3.63) is 83.8 Å². The first kappa shape index (κ1) is 28.2. The lowest BCUT2D eigenvalue weighted by Crippen LogP contribution is -2.73. The number of pyridine rings is 1. The monoisotopic (exact) mass is 535 g/mol. The molecule has 1 fully saturated rings. The number of quaternary nitrogens is 1. The molecule has 1 aliphatic heterocycles. The first-order valence-corrected chi connectivity index (χ1v) is 13.0. The summed E-state index contributed by atoms with van der Waals surface area (Å²) in [5.41, 5.74) is 1.61. The Morgan fingerprint density at radius 2 is 1.82 bits per heavy atom. The molecule has 1 aromatic heterocycles. The van der Waals surface area contributed by atoms with E-state index < -0.39 is 17.4 Å². The number of amides is 2. The maximum atomic E-state index is 13.5. The van der Waals surface area contributed by atoms with E-state index in [1.54, 1.807) is 31.3 Å². The zero-order valence-electron chi connectivity index (χ0n) is 23.1. The van der Waals surface area contributed by atoms with Gasteiger partial charge in [-0.1, -0.05) is 24.3 Å². The van der Waals surface area contributed by atoms with Crippen molar-refractivity contribution < 1.29 is 28.3 Å². The van der Waals surface area contributed by atoms with Gasteiger partial charge in [0, 0.05) is 38.0 Å². The molecule has 0 radical (unpaired) electrons. The molecule has 2 amide bonds. The molecule has 9 heteroatoms. The van der Waals surface area contributed by atoms with Crippen molar-refractivity contribution in [3.63, 3.8) is 0 Å². The highest BCUT2D eigenvalue weighted by Crippen LogP contribution is 2.33. The fraction of sp³-hybridized carbons (Fsp3) is 0.367. The normalized spacial score (nSPS) is 19.9. The Balaban J connectivity index is 1.40. The number of rotatable bonds is 6. The van der Waals surface area contributed by atoms with Crippen LogP contribution in [0.2, 0.25) is 0 Å². The Bertz CT molecular complexity index is 1340. The fourth-order valence-electron chi connectivity index (χ4n) is 5.45. The van der Waals surface area contributed by atoms with E-state index in [-0.39, 0.29) is 28.0 Å². The summed E-state index contributed by atoms with van der Waals surface area (Å²) in [6, 6.07) is 18.3. The maximum absolute atomic E-state index is 13.5. The molecule has 1 N–H and O–H groups in total. The van der Waals surface area contributed by atoms with E-state index in [2.05, 4.69) is 9.88 Å². The number of aromatic nitrogens is 1. The van der Waals surface area contributed by atoms with Crippen molar-refractivity contribution in [2.24, 2.45) is 0 Å². The van der Waals surface area contributed by atoms with Crippen LogP contribution in [0.4, 0.5) is 14.9 Å². The summed E-state index contributed by atoms with van der Waals surface area (Å²) in [6.45, 7) is 10.6. The average molecular weight is 536 g/mol. The second-order valence-electron chi connectivity index (χ2n) is 11.1. The minimum atomic E-state index is -0.771. The molecule has 206 valence electrons. The summed E-state index contributed by atoms with van der Waals surface area (Å²) < 4.78 is 19.1. The minimum absolute atomic E-state index is 0.0487. The molecule has 4 rings (SSSR count). The predicted octanol–water partition coefficient (Wildman–Crippen LogP) is 5.79. The lowest BCUT2D eigenvalue weighted by Gasteiger charge is -2.52. The highest BCUT2D eigenvalue weighted by molar-refractivity contribution is 6.04. The molecule has 2 aromatic carbocycles. The molecule has 8 nitrogen and oxygen atoms in total. The molecule has 1 aliphatic rings. The lowest BCUT2D eigenvalue weighted by molar-refractivity contribution is -0.929. The van der Waals surface area contributed by atoms with E-state index >= 15 is 0 Å². The summed E-state index contributed by atoms with van der Waals surface area (Å²) in [4.78, 5) is 33.5. The van der Waals surface area contributed by atoms with E-state index in [0.29, 0.717) is 37.6 Å². The van der Waals surface area contributed by atoms with Gasteiger partial charge in [0.05, 0.1) is 6.54 Å². The number of anilines is 1. The van der Waals surface area contributed by atoms with Crippen LogP contribution in [0.3, 0.4) is 0 Å². The third-order valence-electron chi connectivity index (χ3n) is 7.58. The number of hydrogen-bond donors (Lipinski definition) is 1. The first-order valence-electron chi connectivity index (χ1n) is 13.0. The summed E-state index contributed by atoms with van der Waals surface area (Å²) in [7, 11) is 1.68. The van der Waals surface area contributed by atoms with Crippen LogP contribution in [0.5, 0.6) is 11.6 Å². The molecule has 39 heavy (non-hydrogen) atoms. The number of nitrogens with zero attached hydrogens (tertiary/aromatic N) is 4. The van der Waals surface area contributed by atoms with Gasteiger partial charge in [0.1, 0.15) is 35.4 Å². The third kappa shape index (κ3) is 5.94. The lowest BCUT2D eigenvalue weighted by atomic mass is 9.95. The van der Waals surface area contributed by atoms with Crippen LogP contribution in [0, 0.1) is 5.82 Å². The van der Waals surface area contributed by atoms with Gasteiger partial charge < -0.3 is 14.7 Å². The van der Waals surface area contributed by atoms with Crippen LogP contribution in [0.15, 0.2) is 66.7 Å². The van der Waals surface area contributed by atoms with Gasteiger partial charge in [-0.15, -0.1) is 0 Å². The molecule has 1 saturated heterocycles. The number of benzene rings is 2. The summed E-state index contributed by atoms with van der Waals surface area (Å²) in [5.74, 6) is -0.231. The molecule has 0 bridgehead atoms. The van der Waals surface area contributed by atoms with Crippen LogP contribution in [0.1, 0.15) is 43.7 Å². The zero-order chi connectivity index (χ0) is 28.4. The van der Waals surface area contributed by atoms with Gasteiger partial charge in [0.2, 0.25) is 5.88 Å². The second-order valence-corrected chi connectivity index (χ2v) is 11.1. The number of carbonyl (C=O) groups excluding carboxylic acids is 1. The van der Waals surface area contributed by atoms with Gasteiger partial charge in [-0.3, -0.25) is 9.69 Å². The van der Waals surface area contributed by atoms with Gasteiger partial charge in [0.15, 0.2) is 0 Å². The Labute approximate surface area is 228 Å².